The van der Waals surface area contributed by atoms with Gasteiger partial charge in [0.1, 0.15) is 0 Å². The normalized spacial score (nSPS) is 26.0. The van der Waals surface area contributed by atoms with Crippen molar-refractivity contribution >= 4 is 8.07 Å². The van der Waals surface area contributed by atoms with Gasteiger partial charge in [0.15, 0.2) is 0 Å². The Kier molecular flexibility index (Phi) is 4.52. The molecule has 23 heavy (non-hydrogen) atoms. The minimum Gasteiger partial charge on any atom is -0.0763 e. The Morgan fingerprint density at radius 3 is 1.22 bits per heavy atom. The first kappa shape index (κ1) is 18.5. The Balaban J connectivity index is 2.38. The third kappa shape index (κ3) is 3.50. The summed E-state index contributed by atoms with van der Waals surface area (Å²) < 4.78 is 0. The van der Waals surface area contributed by atoms with Gasteiger partial charge in [-0.2, -0.15) is 0 Å². The predicted molar refractivity (Wildman–Crippen MR) is 108 cm³/mol. The van der Waals surface area contributed by atoms with E-state index in [9.17, 15) is 0 Å². The van der Waals surface area contributed by atoms with Gasteiger partial charge in [-0.1, -0.05) is 90.1 Å². The molecule has 0 aromatic carbocycles. The maximum absolute atomic E-state index is 2.59. The fourth-order valence-corrected chi connectivity index (χ4v) is 8.24. The Morgan fingerprint density at radius 1 is 0.696 bits per heavy atom. The van der Waals surface area contributed by atoms with E-state index in [4.69, 9.17) is 0 Å². The topological polar surface area (TPSA) is 0 Å². The zero-order valence-corrected chi connectivity index (χ0v) is 18.0. The minimum absolute atomic E-state index is 0.257. The number of hydrogen-bond acceptors (Lipinski definition) is 0. The lowest BCUT2D eigenvalue weighted by atomic mass is 9.87. The van der Waals surface area contributed by atoms with Crippen molar-refractivity contribution in [2.24, 2.45) is 10.8 Å². The van der Waals surface area contributed by atoms with Crippen LogP contribution in [0, 0.1) is 10.8 Å². The van der Waals surface area contributed by atoms with Gasteiger partial charge >= 0.3 is 0 Å². The van der Waals surface area contributed by atoms with Crippen LogP contribution in [0.2, 0.25) is 24.2 Å². The van der Waals surface area contributed by atoms with Crippen LogP contribution in [-0.2, 0) is 0 Å². The summed E-state index contributed by atoms with van der Waals surface area (Å²) >= 11 is 0. The summed E-state index contributed by atoms with van der Waals surface area (Å²) in [6.07, 6.45) is 10.1. The largest absolute Gasteiger partial charge is 0.0763 e. The third-order valence-corrected chi connectivity index (χ3v) is 10.2. The van der Waals surface area contributed by atoms with E-state index in [0.29, 0.717) is 11.1 Å². The van der Waals surface area contributed by atoms with Gasteiger partial charge in [0, 0.05) is 0 Å². The van der Waals surface area contributed by atoms with Crippen molar-refractivity contribution in [1.82, 2.24) is 0 Å². The van der Waals surface area contributed by atoms with Crippen LogP contribution in [0.3, 0.4) is 0 Å². The number of allylic oxidation sites excluding steroid dienone is 8. The van der Waals surface area contributed by atoms with Crippen LogP contribution in [0.5, 0.6) is 0 Å². The standard InChI is InChI=1S/C22H36Si/c1-15-11-17(21(3,4)5)13-19(15)23(9,10)20-14-18(12-16(20)2)22(6,7)8/h11-14,19-20H,1-10H3/t19-,20-/m1/s1. The molecule has 2 rings (SSSR count). The third-order valence-electron chi connectivity index (χ3n) is 5.78. The molecule has 128 valence electrons. The molecule has 0 unspecified atom stereocenters. The minimum atomic E-state index is -1.49. The van der Waals surface area contributed by atoms with Gasteiger partial charge in [-0.05, 0) is 46.9 Å². The smallest absolute Gasteiger partial charge is 0.0706 e. The van der Waals surface area contributed by atoms with Crippen molar-refractivity contribution in [2.75, 3.05) is 0 Å². The fraction of sp³-hybridized carbons (Fsp3) is 0.636. The second-order valence-electron chi connectivity index (χ2n) is 10.3. The molecule has 0 saturated carbocycles. The first-order chi connectivity index (χ1) is 10.2. The molecule has 0 heterocycles. The summed E-state index contributed by atoms with van der Waals surface area (Å²) in [5, 5.41) is 0. The van der Waals surface area contributed by atoms with E-state index in [0.717, 1.165) is 0 Å². The highest BCUT2D eigenvalue weighted by atomic mass is 28.3. The van der Waals surface area contributed by atoms with Crippen LogP contribution in [0.15, 0.2) is 46.6 Å². The van der Waals surface area contributed by atoms with Crippen LogP contribution >= 0.6 is 0 Å². The van der Waals surface area contributed by atoms with Crippen LogP contribution < -0.4 is 0 Å². The zero-order valence-electron chi connectivity index (χ0n) is 17.0. The summed E-state index contributed by atoms with van der Waals surface area (Å²) in [4.78, 5) is 0. The highest BCUT2D eigenvalue weighted by Crippen LogP contribution is 2.51. The fourth-order valence-electron chi connectivity index (χ4n) is 4.12. The first-order valence-corrected chi connectivity index (χ1v) is 12.2. The molecule has 0 radical (unpaired) electrons. The summed E-state index contributed by atoms with van der Waals surface area (Å²) in [6, 6.07) is 0. The second kappa shape index (κ2) is 5.62. The Bertz CT molecular complexity index is 555. The second-order valence-corrected chi connectivity index (χ2v) is 15.2. The first-order valence-electron chi connectivity index (χ1n) is 9.05. The summed E-state index contributed by atoms with van der Waals surface area (Å²) in [6.45, 7) is 23.8. The van der Waals surface area contributed by atoms with Crippen LogP contribution in [0.25, 0.3) is 0 Å². The van der Waals surface area contributed by atoms with E-state index in [1.807, 2.05) is 0 Å². The van der Waals surface area contributed by atoms with Gasteiger partial charge < -0.3 is 0 Å². The molecule has 2 atom stereocenters. The molecule has 2 aliphatic carbocycles. The Labute approximate surface area is 145 Å². The molecule has 0 spiro atoms. The summed E-state index contributed by atoms with van der Waals surface area (Å²) in [5.74, 6) is 0. The Hall–Kier alpha value is -0.823. The molecule has 0 aromatic heterocycles. The molecule has 0 aliphatic heterocycles. The SMILES string of the molecule is CC1=CC(C(C)(C)C)=C[C@H]1[Si](C)(C)[C@@H]1C=C(C(C)(C)C)C=C1C. The van der Waals surface area contributed by atoms with Crippen molar-refractivity contribution < 1.29 is 0 Å². The lowest BCUT2D eigenvalue weighted by Gasteiger charge is -2.36. The number of hydrogen-bond donors (Lipinski definition) is 0. The van der Waals surface area contributed by atoms with Gasteiger partial charge in [-0.15, -0.1) is 0 Å². The summed E-state index contributed by atoms with van der Waals surface area (Å²) in [7, 11) is -1.49. The van der Waals surface area contributed by atoms with Gasteiger partial charge in [-0.25, -0.2) is 0 Å². The molecule has 1 heteroatoms. The van der Waals surface area contributed by atoms with Crippen molar-refractivity contribution in [3.8, 4) is 0 Å². The van der Waals surface area contributed by atoms with Crippen LogP contribution in [-0.4, -0.2) is 8.07 Å². The van der Waals surface area contributed by atoms with E-state index < -0.39 is 8.07 Å². The molecule has 0 aromatic rings. The lowest BCUT2D eigenvalue weighted by molar-refractivity contribution is 0.517. The van der Waals surface area contributed by atoms with Gasteiger partial charge in [0.25, 0.3) is 0 Å². The monoisotopic (exact) mass is 328 g/mol. The molecule has 0 amide bonds. The Morgan fingerprint density at radius 2 is 1.00 bits per heavy atom. The van der Waals surface area contributed by atoms with E-state index >= 15 is 0 Å². The molecule has 0 saturated heterocycles. The van der Waals surface area contributed by atoms with E-state index in [-0.39, 0.29) is 10.8 Å². The van der Waals surface area contributed by atoms with Gasteiger partial charge in [0.05, 0.1) is 8.07 Å². The van der Waals surface area contributed by atoms with Gasteiger partial charge in [-0.3, -0.25) is 0 Å². The average molecular weight is 329 g/mol. The molecular formula is C22H36Si. The van der Waals surface area contributed by atoms with Crippen molar-refractivity contribution in [3.05, 3.63) is 46.6 Å². The van der Waals surface area contributed by atoms with Crippen molar-refractivity contribution in [1.29, 1.82) is 0 Å². The quantitative estimate of drug-likeness (QED) is 0.466. The molecule has 0 fully saturated rings. The molecule has 0 bridgehead atoms. The highest BCUT2D eigenvalue weighted by molar-refractivity contribution is 6.82. The molecule has 0 N–H and O–H groups in total. The number of rotatable bonds is 2. The summed E-state index contributed by atoms with van der Waals surface area (Å²) in [5.41, 5.74) is 8.07. The lowest BCUT2D eigenvalue weighted by Crippen LogP contribution is -2.37. The van der Waals surface area contributed by atoms with E-state index in [1.54, 1.807) is 11.1 Å². The molecule has 2 aliphatic rings. The van der Waals surface area contributed by atoms with Crippen LogP contribution in [0.4, 0.5) is 0 Å². The van der Waals surface area contributed by atoms with Crippen molar-refractivity contribution in [2.45, 2.75) is 79.6 Å². The maximum Gasteiger partial charge on any atom is 0.0706 e. The average Bonchev–Trinajstić information content (AvgIpc) is 2.91. The van der Waals surface area contributed by atoms with E-state index in [2.05, 4.69) is 92.8 Å². The molecular weight excluding hydrogens is 292 g/mol. The van der Waals surface area contributed by atoms with Crippen molar-refractivity contribution in [3.63, 3.8) is 0 Å². The highest BCUT2D eigenvalue weighted by Gasteiger charge is 2.43. The zero-order chi connectivity index (χ0) is 17.8. The van der Waals surface area contributed by atoms with Crippen LogP contribution in [0.1, 0.15) is 55.4 Å². The molecule has 0 nitrogen and oxygen atoms in total. The maximum atomic E-state index is 2.59. The van der Waals surface area contributed by atoms with E-state index in [1.165, 1.54) is 11.1 Å². The van der Waals surface area contributed by atoms with Gasteiger partial charge in [0.2, 0.25) is 0 Å². The predicted octanol–water partition coefficient (Wildman–Crippen LogP) is 7.30.